The zero-order valence-corrected chi connectivity index (χ0v) is 11.6. The molecule has 2 heteroatoms. The number of unbranched alkanes of at least 4 members (excludes halogenated alkanes) is 4. The molecule has 0 saturated carbocycles. The Labute approximate surface area is 102 Å². The van der Waals surface area contributed by atoms with Crippen LogP contribution in [-0.2, 0) is 0 Å². The summed E-state index contributed by atoms with van der Waals surface area (Å²) in [7, 11) is 0. The highest BCUT2D eigenvalue weighted by atomic mass is 14.9. The summed E-state index contributed by atoms with van der Waals surface area (Å²) in [5.41, 5.74) is 5.92. The van der Waals surface area contributed by atoms with E-state index in [-0.39, 0.29) is 0 Å². The molecule has 0 saturated heterocycles. The lowest BCUT2D eigenvalue weighted by Gasteiger charge is -2.25. The van der Waals surface area contributed by atoms with Crippen LogP contribution in [0.2, 0.25) is 0 Å². The number of nitrogens with two attached hydrogens (primary N) is 1. The summed E-state index contributed by atoms with van der Waals surface area (Å²) < 4.78 is 0. The van der Waals surface area contributed by atoms with Crippen molar-refractivity contribution in [2.24, 2.45) is 11.1 Å². The van der Waals surface area contributed by atoms with E-state index in [1.165, 1.54) is 44.9 Å². The Balaban J connectivity index is 3.35. The molecule has 0 aliphatic heterocycles. The summed E-state index contributed by atoms with van der Waals surface area (Å²) >= 11 is 0. The van der Waals surface area contributed by atoms with E-state index in [4.69, 9.17) is 5.73 Å². The van der Waals surface area contributed by atoms with Crippen LogP contribution >= 0.6 is 0 Å². The molecule has 0 atom stereocenters. The van der Waals surface area contributed by atoms with Crippen LogP contribution in [0.1, 0.15) is 65.7 Å². The highest BCUT2D eigenvalue weighted by Crippen LogP contribution is 2.22. The van der Waals surface area contributed by atoms with E-state index in [1.807, 2.05) is 0 Å². The van der Waals surface area contributed by atoms with Gasteiger partial charge < -0.3 is 11.1 Å². The minimum absolute atomic E-state index is 0.461. The Bertz CT molecular complexity index is 144. The molecule has 0 heterocycles. The van der Waals surface area contributed by atoms with Crippen molar-refractivity contribution in [1.29, 1.82) is 0 Å². The van der Waals surface area contributed by atoms with Gasteiger partial charge in [0.1, 0.15) is 0 Å². The maximum absolute atomic E-state index is 5.46. The molecule has 0 unspecified atom stereocenters. The summed E-state index contributed by atoms with van der Waals surface area (Å²) in [5.74, 6) is 0. The van der Waals surface area contributed by atoms with Gasteiger partial charge in [0.2, 0.25) is 0 Å². The smallest absolute Gasteiger partial charge is 0.000252 e. The van der Waals surface area contributed by atoms with Crippen molar-refractivity contribution in [3.8, 4) is 0 Å². The summed E-state index contributed by atoms with van der Waals surface area (Å²) in [4.78, 5) is 0. The molecule has 2 nitrogen and oxygen atoms in total. The highest BCUT2D eigenvalue weighted by Gasteiger charge is 2.15. The Morgan fingerprint density at radius 3 is 2.38 bits per heavy atom. The number of hydrogen-bond donors (Lipinski definition) is 2. The molecule has 0 bridgehead atoms. The first kappa shape index (κ1) is 15.9. The van der Waals surface area contributed by atoms with E-state index < -0.39 is 0 Å². The molecule has 3 N–H and O–H groups in total. The van der Waals surface area contributed by atoms with Crippen molar-refractivity contribution >= 4 is 0 Å². The molecule has 0 aliphatic carbocycles. The van der Waals surface area contributed by atoms with Gasteiger partial charge >= 0.3 is 0 Å². The van der Waals surface area contributed by atoms with Gasteiger partial charge in [0.05, 0.1) is 0 Å². The van der Waals surface area contributed by atoms with Crippen LogP contribution in [-0.4, -0.2) is 19.6 Å². The molecule has 98 valence electrons. The van der Waals surface area contributed by atoms with Crippen LogP contribution in [0.3, 0.4) is 0 Å². The largest absolute Gasteiger partial charge is 0.330 e. The van der Waals surface area contributed by atoms with E-state index in [2.05, 4.69) is 26.1 Å². The third-order valence-electron chi connectivity index (χ3n) is 3.12. The van der Waals surface area contributed by atoms with Crippen molar-refractivity contribution in [2.75, 3.05) is 19.6 Å². The second-order valence-electron chi connectivity index (χ2n) is 5.65. The fraction of sp³-hybridized carbons (Fsp3) is 1.00. The van der Waals surface area contributed by atoms with E-state index in [0.29, 0.717) is 5.41 Å². The fourth-order valence-corrected chi connectivity index (χ4v) is 1.94. The number of hydrogen-bond acceptors (Lipinski definition) is 2. The van der Waals surface area contributed by atoms with Crippen LogP contribution in [0, 0.1) is 5.41 Å². The average Bonchev–Trinajstić information content (AvgIpc) is 2.23. The molecule has 0 aromatic heterocycles. The lowest BCUT2D eigenvalue weighted by molar-refractivity contribution is 0.302. The molecule has 0 aromatic rings. The van der Waals surface area contributed by atoms with Crippen LogP contribution in [0.5, 0.6) is 0 Å². The van der Waals surface area contributed by atoms with E-state index in [9.17, 15) is 0 Å². The van der Waals surface area contributed by atoms with Crippen LogP contribution in [0.25, 0.3) is 0 Å². The number of nitrogens with one attached hydrogen (secondary N) is 1. The first-order valence-electron chi connectivity index (χ1n) is 7.03. The van der Waals surface area contributed by atoms with Crippen molar-refractivity contribution in [3.63, 3.8) is 0 Å². The standard InChI is InChI=1S/C14H32N2/c1-4-5-7-10-14(2,3)13-16-12-9-6-8-11-15/h16H,4-13,15H2,1-3H3. The van der Waals surface area contributed by atoms with Crippen molar-refractivity contribution in [1.82, 2.24) is 5.32 Å². The predicted octanol–water partition coefficient (Wildman–Crippen LogP) is 3.31. The summed E-state index contributed by atoms with van der Waals surface area (Å²) in [6, 6.07) is 0. The van der Waals surface area contributed by atoms with Crippen LogP contribution in [0.15, 0.2) is 0 Å². The monoisotopic (exact) mass is 228 g/mol. The van der Waals surface area contributed by atoms with Gasteiger partial charge in [0, 0.05) is 6.54 Å². The summed E-state index contributed by atoms with van der Waals surface area (Å²) in [6.07, 6.45) is 9.11. The Hall–Kier alpha value is -0.0800. The molecular formula is C14H32N2. The van der Waals surface area contributed by atoms with Gasteiger partial charge in [-0.05, 0) is 37.8 Å². The second kappa shape index (κ2) is 10.1. The van der Waals surface area contributed by atoms with Crippen LogP contribution < -0.4 is 11.1 Å². The summed E-state index contributed by atoms with van der Waals surface area (Å²) in [6.45, 7) is 10.1. The van der Waals surface area contributed by atoms with Gasteiger partial charge in [-0.3, -0.25) is 0 Å². The Morgan fingerprint density at radius 1 is 1.00 bits per heavy atom. The first-order chi connectivity index (χ1) is 7.62. The third-order valence-corrected chi connectivity index (χ3v) is 3.12. The minimum atomic E-state index is 0.461. The van der Waals surface area contributed by atoms with Crippen LogP contribution in [0.4, 0.5) is 0 Å². The lowest BCUT2D eigenvalue weighted by Crippen LogP contribution is -2.30. The van der Waals surface area contributed by atoms with Crippen molar-refractivity contribution in [2.45, 2.75) is 65.7 Å². The molecule has 0 radical (unpaired) electrons. The lowest BCUT2D eigenvalue weighted by atomic mass is 9.87. The van der Waals surface area contributed by atoms with E-state index in [1.54, 1.807) is 0 Å². The first-order valence-corrected chi connectivity index (χ1v) is 7.03. The molecular weight excluding hydrogens is 196 g/mol. The molecule has 0 aromatic carbocycles. The zero-order valence-electron chi connectivity index (χ0n) is 11.6. The normalized spacial score (nSPS) is 12.0. The SMILES string of the molecule is CCCCCC(C)(C)CNCCCCCN. The maximum Gasteiger partial charge on any atom is 0.000252 e. The van der Waals surface area contributed by atoms with Crippen molar-refractivity contribution in [3.05, 3.63) is 0 Å². The average molecular weight is 228 g/mol. The number of rotatable bonds is 11. The molecule has 0 rings (SSSR count). The Kier molecular flexibility index (Phi) is 10.0. The Morgan fingerprint density at radius 2 is 1.75 bits per heavy atom. The predicted molar refractivity (Wildman–Crippen MR) is 73.7 cm³/mol. The van der Waals surface area contributed by atoms with E-state index >= 15 is 0 Å². The molecule has 0 amide bonds. The van der Waals surface area contributed by atoms with Gasteiger partial charge in [-0.15, -0.1) is 0 Å². The molecule has 0 aliphatic rings. The van der Waals surface area contributed by atoms with Gasteiger partial charge in [-0.25, -0.2) is 0 Å². The third kappa shape index (κ3) is 10.4. The molecule has 16 heavy (non-hydrogen) atoms. The van der Waals surface area contributed by atoms with Gasteiger partial charge in [0.25, 0.3) is 0 Å². The van der Waals surface area contributed by atoms with Gasteiger partial charge in [0.15, 0.2) is 0 Å². The van der Waals surface area contributed by atoms with Crippen molar-refractivity contribution < 1.29 is 0 Å². The van der Waals surface area contributed by atoms with Gasteiger partial charge in [-0.1, -0.05) is 46.5 Å². The fourth-order valence-electron chi connectivity index (χ4n) is 1.94. The second-order valence-corrected chi connectivity index (χ2v) is 5.65. The minimum Gasteiger partial charge on any atom is -0.330 e. The molecule has 0 fully saturated rings. The summed E-state index contributed by atoms with van der Waals surface area (Å²) in [5, 5.41) is 3.57. The highest BCUT2D eigenvalue weighted by molar-refractivity contribution is 4.71. The maximum atomic E-state index is 5.46. The molecule has 0 spiro atoms. The quantitative estimate of drug-likeness (QED) is 0.532. The van der Waals surface area contributed by atoms with Gasteiger partial charge in [-0.2, -0.15) is 0 Å². The topological polar surface area (TPSA) is 38.0 Å². The van der Waals surface area contributed by atoms with E-state index in [0.717, 1.165) is 19.6 Å². The zero-order chi connectivity index (χ0) is 12.3.